The maximum absolute atomic E-state index is 12.6. The van der Waals surface area contributed by atoms with Gasteiger partial charge in [0.05, 0.1) is 16.3 Å². The van der Waals surface area contributed by atoms with Crippen LogP contribution in [0.5, 0.6) is 0 Å². The smallest absolute Gasteiger partial charge is 0.326 e. The van der Waals surface area contributed by atoms with Crippen LogP contribution in [0.2, 0.25) is 5.02 Å². The molecule has 2 amide bonds. The number of anilines is 2. The number of non-ortho nitro benzene ring substituents is 1. The van der Waals surface area contributed by atoms with Crippen molar-refractivity contribution in [1.82, 2.24) is 5.32 Å². The van der Waals surface area contributed by atoms with Crippen LogP contribution >= 0.6 is 11.6 Å². The summed E-state index contributed by atoms with van der Waals surface area (Å²) in [6.45, 7) is 8.26. The number of aliphatic carboxylic acids is 1. The van der Waals surface area contributed by atoms with Gasteiger partial charge in [-0.15, -0.1) is 13.2 Å². The first-order chi connectivity index (χ1) is 16.2. The van der Waals surface area contributed by atoms with Crippen molar-refractivity contribution in [2.45, 2.75) is 12.5 Å². The first-order valence-corrected chi connectivity index (χ1v) is 10.4. The molecule has 0 aliphatic heterocycles. The number of nitro groups is 1. The van der Waals surface area contributed by atoms with Gasteiger partial charge in [0.2, 0.25) is 0 Å². The SMILES string of the molecule is C=CCN(CC=C)c1ccc(Cl)cc1NC(=O)C(=O)NC(Cc1ccc([N+](=O)[O-])cc1)C(=O)O. The van der Waals surface area contributed by atoms with Crippen molar-refractivity contribution < 1.29 is 24.4 Å². The second kappa shape index (κ2) is 12.2. The number of nitrogens with zero attached hydrogens (tertiary/aromatic N) is 2. The summed E-state index contributed by atoms with van der Waals surface area (Å²) in [6, 6.07) is 8.53. The van der Waals surface area contributed by atoms with Crippen LogP contribution in [0.25, 0.3) is 0 Å². The number of rotatable bonds is 11. The number of nitro benzene ring substituents is 1. The average molecular weight is 487 g/mol. The summed E-state index contributed by atoms with van der Waals surface area (Å²) in [4.78, 5) is 48.7. The molecule has 0 heterocycles. The van der Waals surface area contributed by atoms with Gasteiger partial charge >= 0.3 is 17.8 Å². The Hall–Kier alpha value is -4.18. The fourth-order valence-electron chi connectivity index (χ4n) is 3.06. The number of benzene rings is 2. The van der Waals surface area contributed by atoms with Gasteiger partial charge in [-0.1, -0.05) is 35.9 Å². The highest BCUT2D eigenvalue weighted by Gasteiger charge is 2.25. The van der Waals surface area contributed by atoms with E-state index in [1.165, 1.54) is 30.3 Å². The van der Waals surface area contributed by atoms with Gasteiger partial charge < -0.3 is 20.6 Å². The van der Waals surface area contributed by atoms with Crippen LogP contribution in [0.3, 0.4) is 0 Å². The van der Waals surface area contributed by atoms with E-state index in [1.54, 1.807) is 24.3 Å². The zero-order valence-corrected chi connectivity index (χ0v) is 18.8. The van der Waals surface area contributed by atoms with E-state index < -0.39 is 28.7 Å². The van der Waals surface area contributed by atoms with Crippen molar-refractivity contribution in [3.8, 4) is 0 Å². The molecule has 34 heavy (non-hydrogen) atoms. The van der Waals surface area contributed by atoms with E-state index in [4.69, 9.17) is 11.6 Å². The summed E-state index contributed by atoms with van der Waals surface area (Å²) < 4.78 is 0. The van der Waals surface area contributed by atoms with Crippen molar-refractivity contribution in [2.75, 3.05) is 23.3 Å². The molecular weight excluding hydrogens is 464 g/mol. The molecule has 0 saturated carbocycles. The van der Waals surface area contributed by atoms with Crippen molar-refractivity contribution >= 4 is 46.4 Å². The third-order valence-corrected chi connectivity index (χ3v) is 4.88. The Balaban J connectivity index is 2.16. The second-order valence-corrected chi connectivity index (χ2v) is 7.53. The Kier molecular flexibility index (Phi) is 9.33. The number of carbonyl (C=O) groups is 3. The van der Waals surface area contributed by atoms with Crippen molar-refractivity contribution in [3.63, 3.8) is 0 Å². The normalized spacial score (nSPS) is 11.1. The number of amides is 2. The van der Waals surface area contributed by atoms with E-state index in [1.807, 2.05) is 4.90 Å². The molecule has 11 heteroatoms. The standard InChI is InChI=1S/C23H23ClN4O6/c1-3-11-27(12-4-2)20-10-7-16(24)14-18(20)25-21(29)22(30)26-19(23(31)32)13-15-5-8-17(9-6-15)28(33)34/h3-10,14,19H,1-2,11-13H2,(H,25,29)(H,26,30)(H,31,32). The fraction of sp³-hybridized carbons (Fsp3) is 0.174. The summed E-state index contributed by atoms with van der Waals surface area (Å²) >= 11 is 6.05. The lowest BCUT2D eigenvalue weighted by Crippen LogP contribution is -2.47. The second-order valence-electron chi connectivity index (χ2n) is 7.09. The van der Waals surface area contributed by atoms with Gasteiger partial charge in [-0.05, 0) is 23.8 Å². The molecule has 2 aromatic carbocycles. The molecule has 0 saturated heterocycles. The van der Waals surface area contributed by atoms with Crippen molar-refractivity contribution in [1.29, 1.82) is 0 Å². The van der Waals surface area contributed by atoms with Gasteiger partial charge in [-0.2, -0.15) is 0 Å². The van der Waals surface area contributed by atoms with Crippen LogP contribution in [0.1, 0.15) is 5.56 Å². The average Bonchev–Trinajstić information content (AvgIpc) is 2.79. The first kappa shape index (κ1) is 26.1. The summed E-state index contributed by atoms with van der Waals surface area (Å²) in [5.41, 5.74) is 1.09. The highest BCUT2D eigenvalue weighted by atomic mass is 35.5. The minimum absolute atomic E-state index is 0.154. The van der Waals surface area contributed by atoms with Crippen LogP contribution in [0.15, 0.2) is 67.8 Å². The molecule has 0 spiro atoms. The summed E-state index contributed by atoms with van der Waals surface area (Å²) in [6.07, 6.45) is 3.14. The number of hydrogen-bond acceptors (Lipinski definition) is 6. The maximum Gasteiger partial charge on any atom is 0.326 e. The Morgan fingerprint density at radius 2 is 1.71 bits per heavy atom. The van der Waals surface area contributed by atoms with Crippen LogP contribution in [-0.4, -0.2) is 46.9 Å². The Bertz CT molecular complexity index is 1090. The van der Waals surface area contributed by atoms with Gasteiger partial charge in [-0.3, -0.25) is 19.7 Å². The Labute approximate surface area is 200 Å². The van der Waals surface area contributed by atoms with Gasteiger partial charge in [0, 0.05) is 36.7 Å². The Morgan fingerprint density at radius 1 is 1.09 bits per heavy atom. The van der Waals surface area contributed by atoms with E-state index in [0.29, 0.717) is 29.4 Å². The Morgan fingerprint density at radius 3 is 2.24 bits per heavy atom. The number of carboxylic acid groups (broad SMARTS) is 1. The molecule has 0 fully saturated rings. The van der Waals surface area contributed by atoms with Crippen molar-refractivity contribution in [2.24, 2.45) is 0 Å². The molecule has 0 radical (unpaired) electrons. The lowest BCUT2D eigenvalue weighted by atomic mass is 10.1. The van der Waals surface area contributed by atoms with E-state index in [-0.39, 0.29) is 17.8 Å². The highest BCUT2D eigenvalue weighted by molar-refractivity contribution is 6.40. The van der Waals surface area contributed by atoms with E-state index in [2.05, 4.69) is 23.8 Å². The van der Waals surface area contributed by atoms with Gasteiger partial charge in [-0.25, -0.2) is 4.79 Å². The molecule has 178 valence electrons. The van der Waals surface area contributed by atoms with Crippen LogP contribution in [0.4, 0.5) is 17.1 Å². The molecule has 0 bridgehead atoms. The third kappa shape index (κ3) is 7.17. The summed E-state index contributed by atoms with van der Waals surface area (Å²) in [5, 5.41) is 25.2. The molecule has 3 N–H and O–H groups in total. The summed E-state index contributed by atoms with van der Waals surface area (Å²) in [7, 11) is 0. The highest BCUT2D eigenvalue weighted by Crippen LogP contribution is 2.29. The molecular formula is C23H23ClN4O6. The number of nitrogens with one attached hydrogen (secondary N) is 2. The number of carboxylic acids is 1. The van der Waals surface area contributed by atoms with Gasteiger partial charge in [0.25, 0.3) is 5.69 Å². The van der Waals surface area contributed by atoms with Crippen LogP contribution in [0, 0.1) is 10.1 Å². The lowest BCUT2D eigenvalue weighted by Gasteiger charge is -2.25. The summed E-state index contributed by atoms with van der Waals surface area (Å²) in [5.74, 6) is -3.62. The molecule has 10 nitrogen and oxygen atoms in total. The minimum Gasteiger partial charge on any atom is -0.480 e. The maximum atomic E-state index is 12.6. The monoisotopic (exact) mass is 486 g/mol. The quantitative estimate of drug-likeness (QED) is 0.191. The largest absolute Gasteiger partial charge is 0.480 e. The van der Waals surface area contributed by atoms with Crippen LogP contribution < -0.4 is 15.5 Å². The van der Waals surface area contributed by atoms with Gasteiger partial charge in [0.15, 0.2) is 0 Å². The predicted octanol–water partition coefficient (Wildman–Crippen LogP) is 3.18. The van der Waals surface area contributed by atoms with Crippen molar-refractivity contribution in [3.05, 3.63) is 88.5 Å². The third-order valence-electron chi connectivity index (χ3n) is 4.64. The zero-order valence-electron chi connectivity index (χ0n) is 18.1. The molecule has 0 aromatic heterocycles. The number of hydrogen-bond donors (Lipinski definition) is 3. The fourth-order valence-corrected chi connectivity index (χ4v) is 3.23. The molecule has 0 aliphatic rings. The molecule has 0 aliphatic carbocycles. The van der Waals surface area contributed by atoms with E-state index in [0.717, 1.165) is 0 Å². The predicted molar refractivity (Wildman–Crippen MR) is 129 cm³/mol. The number of carbonyl (C=O) groups excluding carboxylic acids is 2. The van der Waals surface area contributed by atoms with Crippen LogP contribution in [-0.2, 0) is 20.8 Å². The molecule has 2 rings (SSSR count). The van der Waals surface area contributed by atoms with E-state index in [9.17, 15) is 29.6 Å². The molecule has 1 atom stereocenters. The lowest BCUT2D eigenvalue weighted by molar-refractivity contribution is -0.384. The minimum atomic E-state index is -1.43. The van der Waals surface area contributed by atoms with Gasteiger partial charge in [0.1, 0.15) is 6.04 Å². The molecule has 1 unspecified atom stereocenters. The van der Waals surface area contributed by atoms with E-state index >= 15 is 0 Å². The topological polar surface area (TPSA) is 142 Å². The zero-order chi connectivity index (χ0) is 25.3. The number of halogens is 1. The first-order valence-electron chi connectivity index (χ1n) is 10.0. The molecule has 2 aromatic rings.